The second-order valence-electron chi connectivity index (χ2n) is 5.23. The minimum Gasteiger partial charge on any atom is -0.451 e. The van der Waals surface area contributed by atoms with Gasteiger partial charge >= 0.3 is 0 Å². The summed E-state index contributed by atoms with van der Waals surface area (Å²) in [6, 6.07) is 15.7. The zero-order valence-corrected chi connectivity index (χ0v) is 13.8. The van der Waals surface area contributed by atoms with Crippen LogP contribution in [0, 0.1) is 6.92 Å². The molecule has 0 bridgehead atoms. The molecular weight excluding hydrogens is 342 g/mol. The Bertz CT molecular complexity index is 823. The lowest BCUT2D eigenvalue weighted by atomic mass is 10.1. The van der Waals surface area contributed by atoms with E-state index in [1.165, 1.54) is 11.1 Å². The summed E-state index contributed by atoms with van der Waals surface area (Å²) >= 11 is 3.39. The maximum atomic E-state index is 12.2. The van der Waals surface area contributed by atoms with E-state index in [-0.39, 0.29) is 5.91 Å². The number of benzene rings is 2. The molecule has 0 atom stereocenters. The van der Waals surface area contributed by atoms with Gasteiger partial charge in [0.15, 0.2) is 5.76 Å². The molecule has 0 aliphatic heterocycles. The molecule has 1 heterocycles. The van der Waals surface area contributed by atoms with Gasteiger partial charge in [0.05, 0.1) is 0 Å². The number of amides is 1. The highest BCUT2D eigenvalue weighted by Crippen LogP contribution is 2.23. The van der Waals surface area contributed by atoms with E-state index in [9.17, 15) is 4.79 Å². The molecule has 0 fully saturated rings. The third kappa shape index (κ3) is 3.22. The molecule has 0 spiro atoms. The Balaban J connectivity index is 1.65. The van der Waals surface area contributed by atoms with E-state index in [0.717, 1.165) is 16.3 Å². The number of carbonyl (C=O) groups is 1. The fourth-order valence-corrected chi connectivity index (χ4v) is 2.75. The fourth-order valence-electron chi connectivity index (χ4n) is 2.41. The molecule has 3 rings (SSSR count). The minimum absolute atomic E-state index is 0.180. The smallest absolute Gasteiger partial charge is 0.287 e. The van der Waals surface area contributed by atoms with Gasteiger partial charge in [-0.05, 0) is 48.7 Å². The molecule has 0 unspecified atom stereocenters. The van der Waals surface area contributed by atoms with Crippen LogP contribution in [0.1, 0.15) is 21.7 Å². The number of carbonyl (C=O) groups excluding carboxylic acids is 1. The van der Waals surface area contributed by atoms with Crippen molar-refractivity contribution in [2.45, 2.75) is 13.3 Å². The van der Waals surface area contributed by atoms with Crippen molar-refractivity contribution in [1.29, 1.82) is 0 Å². The number of halogens is 1. The van der Waals surface area contributed by atoms with Crippen LogP contribution in [-0.2, 0) is 6.42 Å². The van der Waals surface area contributed by atoms with Gasteiger partial charge in [-0.3, -0.25) is 4.79 Å². The molecule has 1 aromatic heterocycles. The first kappa shape index (κ1) is 14.9. The number of furan rings is 1. The summed E-state index contributed by atoms with van der Waals surface area (Å²) in [5.74, 6) is 0.166. The normalized spacial score (nSPS) is 10.8. The first-order valence-electron chi connectivity index (χ1n) is 7.15. The Morgan fingerprint density at radius 1 is 1.18 bits per heavy atom. The van der Waals surface area contributed by atoms with Crippen molar-refractivity contribution in [1.82, 2.24) is 5.32 Å². The Morgan fingerprint density at radius 2 is 2.00 bits per heavy atom. The molecule has 1 N–H and O–H groups in total. The molecular formula is C18H16BrNO2. The molecule has 0 aliphatic carbocycles. The number of hydrogen-bond donors (Lipinski definition) is 1. The first-order chi connectivity index (χ1) is 10.6. The highest BCUT2D eigenvalue weighted by atomic mass is 79.9. The summed E-state index contributed by atoms with van der Waals surface area (Å²) in [5, 5.41) is 3.83. The van der Waals surface area contributed by atoms with Gasteiger partial charge in [0.1, 0.15) is 5.58 Å². The van der Waals surface area contributed by atoms with Crippen molar-refractivity contribution < 1.29 is 9.21 Å². The number of nitrogens with one attached hydrogen (secondary N) is 1. The lowest BCUT2D eigenvalue weighted by molar-refractivity contribution is 0.0928. The van der Waals surface area contributed by atoms with Crippen molar-refractivity contribution in [2.75, 3.05) is 6.54 Å². The molecule has 3 aromatic rings. The van der Waals surface area contributed by atoms with Gasteiger partial charge in [0, 0.05) is 16.4 Å². The van der Waals surface area contributed by atoms with Gasteiger partial charge in [-0.15, -0.1) is 0 Å². The van der Waals surface area contributed by atoms with Gasteiger partial charge in [0.2, 0.25) is 0 Å². The quantitative estimate of drug-likeness (QED) is 0.747. The molecule has 4 heteroatoms. The maximum absolute atomic E-state index is 12.2. The molecule has 112 valence electrons. The van der Waals surface area contributed by atoms with Gasteiger partial charge in [-0.1, -0.05) is 40.2 Å². The summed E-state index contributed by atoms with van der Waals surface area (Å²) in [6.45, 7) is 2.67. The Kier molecular flexibility index (Phi) is 4.29. The topological polar surface area (TPSA) is 42.2 Å². The summed E-state index contributed by atoms with van der Waals surface area (Å²) in [6.07, 6.45) is 0.810. The number of fused-ring (bicyclic) bond motifs is 1. The zero-order valence-electron chi connectivity index (χ0n) is 12.2. The van der Waals surface area contributed by atoms with Crippen LogP contribution in [0.4, 0.5) is 0 Å². The number of aryl methyl sites for hydroxylation is 1. The minimum atomic E-state index is -0.180. The molecule has 3 nitrogen and oxygen atoms in total. The molecule has 1 amide bonds. The van der Waals surface area contributed by atoms with Crippen molar-refractivity contribution >= 4 is 32.8 Å². The largest absolute Gasteiger partial charge is 0.451 e. The fraction of sp³-hybridized carbons (Fsp3) is 0.167. The van der Waals surface area contributed by atoms with Crippen LogP contribution in [0.3, 0.4) is 0 Å². The second kappa shape index (κ2) is 6.36. The van der Waals surface area contributed by atoms with Crippen molar-refractivity contribution in [3.05, 3.63) is 69.9 Å². The predicted molar refractivity (Wildman–Crippen MR) is 91.1 cm³/mol. The van der Waals surface area contributed by atoms with Crippen molar-refractivity contribution in [3.8, 4) is 0 Å². The maximum Gasteiger partial charge on any atom is 0.287 e. The van der Waals surface area contributed by atoms with E-state index in [1.807, 2.05) is 30.3 Å². The van der Waals surface area contributed by atoms with Crippen LogP contribution in [0.25, 0.3) is 11.0 Å². The van der Waals surface area contributed by atoms with E-state index >= 15 is 0 Å². The summed E-state index contributed by atoms with van der Waals surface area (Å²) in [5.41, 5.74) is 3.19. The SMILES string of the molecule is Cc1ccccc1CCNC(=O)c1cc2ccc(Br)cc2o1. The van der Waals surface area contributed by atoms with E-state index in [1.54, 1.807) is 6.07 Å². The monoisotopic (exact) mass is 357 g/mol. The van der Waals surface area contributed by atoms with Gasteiger partial charge < -0.3 is 9.73 Å². The molecule has 22 heavy (non-hydrogen) atoms. The molecule has 0 saturated heterocycles. The van der Waals surface area contributed by atoms with E-state index in [4.69, 9.17) is 4.42 Å². The second-order valence-corrected chi connectivity index (χ2v) is 6.14. The van der Waals surface area contributed by atoms with Crippen LogP contribution in [0.5, 0.6) is 0 Å². The van der Waals surface area contributed by atoms with E-state index in [0.29, 0.717) is 17.9 Å². The standard InChI is InChI=1S/C18H16BrNO2/c1-12-4-2-3-5-13(12)8-9-20-18(21)17-10-14-6-7-15(19)11-16(14)22-17/h2-7,10-11H,8-9H2,1H3,(H,20,21). The highest BCUT2D eigenvalue weighted by Gasteiger charge is 2.12. The zero-order chi connectivity index (χ0) is 15.5. The average molecular weight is 358 g/mol. The lowest BCUT2D eigenvalue weighted by Crippen LogP contribution is -2.25. The Morgan fingerprint density at radius 3 is 2.82 bits per heavy atom. The van der Waals surface area contributed by atoms with Gasteiger partial charge in [0.25, 0.3) is 5.91 Å². The van der Waals surface area contributed by atoms with E-state index < -0.39 is 0 Å². The van der Waals surface area contributed by atoms with Crippen LogP contribution in [-0.4, -0.2) is 12.5 Å². The molecule has 0 saturated carbocycles. The summed E-state index contributed by atoms with van der Waals surface area (Å²) in [4.78, 5) is 12.2. The predicted octanol–water partition coefficient (Wildman–Crippen LogP) is 4.48. The summed E-state index contributed by atoms with van der Waals surface area (Å²) < 4.78 is 6.53. The van der Waals surface area contributed by atoms with Crippen LogP contribution in [0.15, 0.2) is 57.4 Å². The molecule has 0 radical (unpaired) electrons. The van der Waals surface area contributed by atoms with Crippen LogP contribution >= 0.6 is 15.9 Å². The van der Waals surface area contributed by atoms with Crippen LogP contribution < -0.4 is 5.32 Å². The Labute approximate surface area is 137 Å². The van der Waals surface area contributed by atoms with Crippen molar-refractivity contribution in [2.24, 2.45) is 0 Å². The highest BCUT2D eigenvalue weighted by molar-refractivity contribution is 9.10. The van der Waals surface area contributed by atoms with Crippen molar-refractivity contribution in [3.63, 3.8) is 0 Å². The third-order valence-electron chi connectivity index (χ3n) is 3.65. The number of rotatable bonds is 4. The Hall–Kier alpha value is -2.07. The lowest BCUT2D eigenvalue weighted by Gasteiger charge is -2.06. The molecule has 2 aromatic carbocycles. The third-order valence-corrected chi connectivity index (χ3v) is 4.14. The van der Waals surface area contributed by atoms with Crippen LogP contribution in [0.2, 0.25) is 0 Å². The number of hydrogen-bond acceptors (Lipinski definition) is 2. The first-order valence-corrected chi connectivity index (χ1v) is 7.94. The van der Waals surface area contributed by atoms with Gasteiger partial charge in [-0.25, -0.2) is 0 Å². The molecule has 0 aliphatic rings. The summed E-state index contributed by atoms with van der Waals surface area (Å²) in [7, 11) is 0. The van der Waals surface area contributed by atoms with Gasteiger partial charge in [-0.2, -0.15) is 0 Å². The van der Waals surface area contributed by atoms with E-state index in [2.05, 4.69) is 40.3 Å². The average Bonchev–Trinajstić information content (AvgIpc) is 2.92.